The molecule has 2 aliphatic rings. The van der Waals surface area contributed by atoms with Gasteiger partial charge in [0.2, 0.25) is 5.91 Å². The van der Waals surface area contributed by atoms with Gasteiger partial charge in [-0.15, -0.1) is 0 Å². The van der Waals surface area contributed by atoms with Gasteiger partial charge >= 0.3 is 0 Å². The number of carbonyl (C=O) groups excluding carboxylic acids is 1. The third-order valence-electron chi connectivity index (χ3n) is 5.66. The highest BCUT2D eigenvalue weighted by molar-refractivity contribution is 5.81. The third-order valence-corrected chi connectivity index (χ3v) is 5.66. The molecule has 6 heteroatoms. The van der Waals surface area contributed by atoms with Crippen LogP contribution in [0.25, 0.3) is 0 Å². The average molecular weight is 382 g/mol. The summed E-state index contributed by atoms with van der Waals surface area (Å²) >= 11 is 0. The first-order valence-electron chi connectivity index (χ1n) is 10.2. The molecular formula is C22H27FN4O. The van der Waals surface area contributed by atoms with Gasteiger partial charge in [0.1, 0.15) is 17.5 Å². The summed E-state index contributed by atoms with van der Waals surface area (Å²) in [5.41, 5.74) is 2.64. The van der Waals surface area contributed by atoms with E-state index in [2.05, 4.69) is 16.8 Å². The van der Waals surface area contributed by atoms with E-state index in [0.29, 0.717) is 17.9 Å². The van der Waals surface area contributed by atoms with Crippen molar-refractivity contribution in [1.29, 1.82) is 0 Å². The maximum absolute atomic E-state index is 14.3. The molecule has 1 aromatic carbocycles. The van der Waals surface area contributed by atoms with Crippen LogP contribution in [0.1, 0.15) is 42.4 Å². The zero-order chi connectivity index (χ0) is 19.7. The number of aromatic nitrogens is 2. The SMILES string of the molecule is CCc1nc(C)nc(N2CCN(C(=O)C3CC3)CC2)c1Cc1ccccc1F. The summed E-state index contributed by atoms with van der Waals surface area (Å²) in [6.07, 6.45) is 3.33. The van der Waals surface area contributed by atoms with Gasteiger partial charge in [0, 0.05) is 49.8 Å². The molecule has 1 aromatic heterocycles. The lowest BCUT2D eigenvalue weighted by Crippen LogP contribution is -2.49. The van der Waals surface area contributed by atoms with E-state index in [4.69, 9.17) is 4.98 Å². The number of hydrogen-bond donors (Lipinski definition) is 0. The van der Waals surface area contributed by atoms with E-state index in [1.54, 1.807) is 6.07 Å². The zero-order valence-electron chi connectivity index (χ0n) is 16.6. The van der Waals surface area contributed by atoms with Crippen LogP contribution in [-0.2, 0) is 17.6 Å². The summed E-state index contributed by atoms with van der Waals surface area (Å²) < 4.78 is 14.3. The predicted octanol–water partition coefficient (Wildman–Crippen LogP) is 3.14. The second kappa shape index (κ2) is 7.86. The number of hydrogen-bond acceptors (Lipinski definition) is 4. The van der Waals surface area contributed by atoms with Gasteiger partial charge in [0.05, 0.1) is 0 Å². The van der Waals surface area contributed by atoms with Crippen LogP contribution in [0.5, 0.6) is 0 Å². The molecule has 0 bridgehead atoms. The van der Waals surface area contributed by atoms with Crippen molar-refractivity contribution in [2.75, 3.05) is 31.1 Å². The van der Waals surface area contributed by atoms with Crippen LogP contribution in [0.15, 0.2) is 24.3 Å². The summed E-state index contributed by atoms with van der Waals surface area (Å²) in [5, 5.41) is 0. The molecule has 0 unspecified atom stereocenters. The van der Waals surface area contributed by atoms with Crippen LogP contribution >= 0.6 is 0 Å². The van der Waals surface area contributed by atoms with E-state index in [-0.39, 0.29) is 11.7 Å². The molecule has 1 aliphatic carbocycles. The zero-order valence-corrected chi connectivity index (χ0v) is 16.6. The van der Waals surface area contributed by atoms with Crippen molar-refractivity contribution in [2.24, 2.45) is 5.92 Å². The number of carbonyl (C=O) groups is 1. The van der Waals surface area contributed by atoms with E-state index in [9.17, 15) is 9.18 Å². The molecule has 0 spiro atoms. The Morgan fingerprint density at radius 2 is 1.86 bits per heavy atom. The maximum atomic E-state index is 14.3. The number of piperazine rings is 1. The second-order valence-corrected chi connectivity index (χ2v) is 7.73. The molecule has 2 heterocycles. The third kappa shape index (κ3) is 3.86. The number of anilines is 1. The fraction of sp³-hybridized carbons (Fsp3) is 0.500. The minimum absolute atomic E-state index is 0.198. The van der Waals surface area contributed by atoms with E-state index >= 15 is 0 Å². The molecule has 1 saturated carbocycles. The molecule has 1 aliphatic heterocycles. The van der Waals surface area contributed by atoms with Crippen molar-refractivity contribution in [1.82, 2.24) is 14.9 Å². The van der Waals surface area contributed by atoms with Crippen molar-refractivity contribution in [2.45, 2.75) is 39.5 Å². The summed E-state index contributed by atoms with van der Waals surface area (Å²) in [5.74, 6) is 2.00. The first-order chi connectivity index (χ1) is 13.6. The Hall–Kier alpha value is -2.50. The Balaban J connectivity index is 1.60. The predicted molar refractivity (Wildman–Crippen MR) is 107 cm³/mol. The number of nitrogens with zero attached hydrogens (tertiary/aromatic N) is 4. The number of amides is 1. The monoisotopic (exact) mass is 382 g/mol. The smallest absolute Gasteiger partial charge is 0.225 e. The molecule has 1 amide bonds. The molecule has 0 atom stereocenters. The molecule has 5 nitrogen and oxygen atoms in total. The maximum Gasteiger partial charge on any atom is 0.225 e. The van der Waals surface area contributed by atoms with E-state index < -0.39 is 0 Å². The Bertz CT molecular complexity index is 873. The average Bonchev–Trinajstić information content (AvgIpc) is 3.55. The molecule has 1 saturated heterocycles. The van der Waals surface area contributed by atoms with Gasteiger partial charge in [0.25, 0.3) is 0 Å². The lowest BCUT2D eigenvalue weighted by Gasteiger charge is -2.36. The van der Waals surface area contributed by atoms with Gasteiger partial charge in [-0.25, -0.2) is 14.4 Å². The summed E-state index contributed by atoms with van der Waals surface area (Å²) in [6.45, 7) is 6.92. The van der Waals surface area contributed by atoms with Crippen LogP contribution < -0.4 is 4.90 Å². The topological polar surface area (TPSA) is 49.3 Å². The summed E-state index contributed by atoms with van der Waals surface area (Å²) in [7, 11) is 0. The lowest BCUT2D eigenvalue weighted by molar-refractivity contribution is -0.132. The van der Waals surface area contributed by atoms with Crippen LogP contribution in [-0.4, -0.2) is 47.0 Å². The first-order valence-corrected chi connectivity index (χ1v) is 10.2. The van der Waals surface area contributed by atoms with Crippen LogP contribution in [0.4, 0.5) is 10.2 Å². The Kier molecular flexibility index (Phi) is 5.29. The van der Waals surface area contributed by atoms with Gasteiger partial charge in [-0.1, -0.05) is 25.1 Å². The highest BCUT2D eigenvalue weighted by Crippen LogP contribution is 2.32. The molecule has 2 aromatic rings. The Morgan fingerprint density at radius 3 is 2.50 bits per heavy atom. The van der Waals surface area contributed by atoms with E-state index in [1.807, 2.05) is 24.0 Å². The van der Waals surface area contributed by atoms with Gasteiger partial charge < -0.3 is 9.80 Å². The summed E-state index contributed by atoms with van der Waals surface area (Å²) in [6, 6.07) is 6.89. The van der Waals surface area contributed by atoms with Gasteiger partial charge in [-0.3, -0.25) is 4.79 Å². The number of benzene rings is 1. The van der Waals surface area contributed by atoms with Gasteiger partial charge in [0.15, 0.2) is 0 Å². The van der Waals surface area contributed by atoms with Crippen LogP contribution in [0, 0.1) is 18.7 Å². The number of rotatable bonds is 5. The van der Waals surface area contributed by atoms with Gasteiger partial charge in [-0.05, 0) is 37.8 Å². The van der Waals surface area contributed by atoms with Crippen molar-refractivity contribution >= 4 is 11.7 Å². The highest BCUT2D eigenvalue weighted by Gasteiger charge is 2.35. The molecule has 2 fully saturated rings. The van der Waals surface area contributed by atoms with Crippen LogP contribution in [0.3, 0.4) is 0 Å². The van der Waals surface area contributed by atoms with Crippen LogP contribution in [0.2, 0.25) is 0 Å². The fourth-order valence-corrected chi connectivity index (χ4v) is 3.93. The molecule has 28 heavy (non-hydrogen) atoms. The molecule has 148 valence electrons. The largest absolute Gasteiger partial charge is 0.353 e. The van der Waals surface area contributed by atoms with Gasteiger partial charge in [-0.2, -0.15) is 0 Å². The summed E-state index contributed by atoms with van der Waals surface area (Å²) in [4.78, 5) is 25.9. The lowest BCUT2D eigenvalue weighted by atomic mass is 10.0. The quantitative estimate of drug-likeness (QED) is 0.797. The Labute approximate surface area is 165 Å². The van der Waals surface area contributed by atoms with Crippen molar-refractivity contribution in [3.8, 4) is 0 Å². The van der Waals surface area contributed by atoms with E-state index in [1.165, 1.54) is 6.07 Å². The molecule has 0 N–H and O–H groups in total. The highest BCUT2D eigenvalue weighted by atomic mass is 19.1. The second-order valence-electron chi connectivity index (χ2n) is 7.73. The van der Waals surface area contributed by atoms with Crippen molar-refractivity contribution in [3.63, 3.8) is 0 Å². The molecular weight excluding hydrogens is 355 g/mol. The molecule has 4 rings (SSSR count). The normalized spacial score (nSPS) is 17.1. The minimum atomic E-state index is -0.198. The minimum Gasteiger partial charge on any atom is -0.353 e. The Morgan fingerprint density at radius 1 is 1.14 bits per heavy atom. The number of halogens is 1. The van der Waals surface area contributed by atoms with Crippen molar-refractivity contribution in [3.05, 3.63) is 52.7 Å². The fourth-order valence-electron chi connectivity index (χ4n) is 3.93. The van der Waals surface area contributed by atoms with Crippen molar-refractivity contribution < 1.29 is 9.18 Å². The van der Waals surface area contributed by atoms with E-state index in [0.717, 1.165) is 68.3 Å². The number of aryl methyl sites for hydroxylation is 2. The first kappa shape index (κ1) is 18.8. The molecule has 0 radical (unpaired) electrons. The standard InChI is InChI=1S/C22H27FN4O/c1-3-20-18(14-17-6-4-5-7-19(17)23)21(25-15(2)24-20)26-10-12-27(13-11-26)22(28)16-8-9-16/h4-7,16H,3,8-14H2,1-2H3.